The van der Waals surface area contributed by atoms with Gasteiger partial charge in [0.25, 0.3) is 6.43 Å². The van der Waals surface area contributed by atoms with E-state index in [0.717, 1.165) is 16.5 Å². The summed E-state index contributed by atoms with van der Waals surface area (Å²) in [4.78, 5) is 0. The molecule has 1 heterocycles. The van der Waals surface area contributed by atoms with Crippen molar-refractivity contribution in [1.29, 1.82) is 0 Å². The Balaban J connectivity index is 2.54. The Morgan fingerprint density at radius 2 is 2.18 bits per heavy atom. The number of hydrogen-bond donors (Lipinski definition) is 1. The van der Waals surface area contributed by atoms with E-state index in [1.807, 2.05) is 13.1 Å². The van der Waals surface area contributed by atoms with Crippen molar-refractivity contribution >= 4 is 22.5 Å². The standard InChI is InChI=1S/C12H13ClF2N2/c1-16-5-8-6-17(7-12(14)15)11-4-9(13)2-3-10(8)11/h2-4,6,12,16H,5,7H2,1H3. The summed E-state index contributed by atoms with van der Waals surface area (Å²) in [6.45, 7) is 0.342. The maximum atomic E-state index is 12.5. The van der Waals surface area contributed by atoms with Crippen LogP contribution >= 0.6 is 11.6 Å². The molecule has 2 rings (SSSR count). The molecule has 0 aliphatic rings. The molecule has 0 saturated heterocycles. The quantitative estimate of drug-likeness (QED) is 0.891. The highest BCUT2D eigenvalue weighted by Crippen LogP contribution is 2.25. The van der Waals surface area contributed by atoms with Crippen molar-refractivity contribution in [3.05, 3.63) is 35.0 Å². The smallest absolute Gasteiger partial charge is 0.256 e. The third-order valence-corrected chi connectivity index (χ3v) is 2.86. The molecule has 0 fully saturated rings. The Kier molecular flexibility index (Phi) is 3.64. The largest absolute Gasteiger partial charge is 0.341 e. The van der Waals surface area contributed by atoms with Gasteiger partial charge in [-0.25, -0.2) is 8.78 Å². The van der Waals surface area contributed by atoms with Gasteiger partial charge in [-0.05, 0) is 24.7 Å². The van der Waals surface area contributed by atoms with E-state index in [1.165, 1.54) is 0 Å². The number of rotatable bonds is 4. The van der Waals surface area contributed by atoms with Gasteiger partial charge in [-0.2, -0.15) is 0 Å². The van der Waals surface area contributed by atoms with Gasteiger partial charge in [0.1, 0.15) is 0 Å². The molecule has 17 heavy (non-hydrogen) atoms. The molecule has 0 atom stereocenters. The summed E-state index contributed by atoms with van der Waals surface area (Å²) in [7, 11) is 1.83. The molecule has 0 unspecified atom stereocenters. The molecule has 0 aliphatic heterocycles. The number of hydrogen-bond acceptors (Lipinski definition) is 1. The second-order valence-corrected chi connectivity index (χ2v) is 4.33. The maximum absolute atomic E-state index is 12.5. The lowest BCUT2D eigenvalue weighted by Gasteiger charge is -2.03. The average molecular weight is 259 g/mol. The van der Waals surface area contributed by atoms with Gasteiger partial charge in [0.05, 0.1) is 12.1 Å². The highest BCUT2D eigenvalue weighted by molar-refractivity contribution is 6.31. The molecule has 2 aromatic rings. The van der Waals surface area contributed by atoms with Crippen LogP contribution in [0.5, 0.6) is 0 Å². The Hall–Kier alpha value is -1.13. The van der Waals surface area contributed by atoms with Gasteiger partial charge in [0, 0.05) is 23.2 Å². The number of benzene rings is 1. The van der Waals surface area contributed by atoms with Gasteiger partial charge in [0.15, 0.2) is 0 Å². The lowest BCUT2D eigenvalue weighted by Crippen LogP contribution is -2.06. The summed E-state index contributed by atoms with van der Waals surface area (Å²) in [6.07, 6.45) is -0.615. The Morgan fingerprint density at radius 1 is 1.41 bits per heavy atom. The van der Waals surface area contributed by atoms with Crippen LogP contribution in [0.3, 0.4) is 0 Å². The molecule has 0 spiro atoms. The van der Waals surface area contributed by atoms with E-state index in [0.29, 0.717) is 11.6 Å². The minimum absolute atomic E-state index is 0.305. The SMILES string of the molecule is CNCc1cn(CC(F)F)c2cc(Cl)ccc12. The first-order valence-corrected chi connectivity index (χ1v) is 5.69. The maximum Gasteiger partial charge on any atom is 0.256 e. The third-order valence-electron chi connectivity index (χ3n) is 2.63. The lowest BCUT2D eigenvalue weighted by molar-refractivity contribution is 0.128. The Labute approximate surface area is 103 Å². The molecule has 5 heteroatoms. The zero-order valence-corrected chi connectivity index (χ0v) is 10.1. The predicted molar refractivity (Wildman–Crippen MR) is 65.7 cm³/mol. The van der Waals surface area contributed by atoms with Crippen LogP contribution in [0, 0.1) is 0 Å². The fraction of sp³-hybridized carbons (Fsp3) is 0.333. The van der Waals surface area contributed by atoms with E-state index < -0.39 is 6.43 Å². The van der Waals surface area contributed by atoms with Crippen molar-refractivity contribution in [3.8, 4) is 0 Å². The van der Waals surface area contributed by atoms with E-state index in [1.54, 1.807) is 22.9 Å². The zero-order chi connectivity index (χ0) is 12.4. The second-order valence-electron chi connectivity index (χ2n) is 3.89. The van der Waals surface area contributed by atoms with Crippen LogP contribution in [-0.2, 0) is 13.1 Å². The molecule has 1 aromatic carbocycles. The van der Waals surface area contributed by atoms with Gasteiger partial charge < -0.3 is 9.88 Å². The van der Waals surface area contributed by atoms with Crippen LogP contribution in [0.1, 0.15) is 5.56 Å². The van der Waals surface area contributed by atoms with E-state index >= 15 is 0 Å². The van der Waals surface area contributed by atoms with Crippen molar-refractivity contribution in [2.75, 3.05) is 7.05 Å². The van der Waals surface area contributed by atoms with Crippen molar-refractivity contribution in [1.82, 2.24) is 9.88 Å². The van der Waals surface area contributed by atoms with Crippen molar-refractivity contribution in [2.45, 2.75) is 19.5 Å². The monoisotopic (exact) mass is 258 g/mol. The first kappa shape index (κ1) is 12.3. The van der Waals surface area contributed by atoms with Gasteiger partial charge in [-0.15, -0.1) is 0 Å². The van der Waals surface area contributed by atoms with Crippen molar-refractivity contribution in [3.63, 3.8) is 0 Å². The Bertz CT molecular complexity index is 522. The highest BCUT2D eigenvalue weighted by Gasteiger charge is 2.11. The summed E-state index contributed by atoms with van der Waals surface area (Å²) >= 11 is 5.90. The predicted octanol–water partition coefficient (Wildman–Crippen LogP) is 3.28. The molecule has 0 radical (unpaired) electrons. The molecule has 1 aromatic heterocycles. The molecular weight excluding hydrogens is 246 g/mol. The van der Waals surface area contributed by atoms with Crippen LogP contribution in [0.4, 0.5) is 8.78 Å². The first-order chi connectivity index (χ1) is 8.11. The van der Waals surface area contributed by atoms with Crippen LogP contribution in [0.15, 0.2) is 24.4 Å². The molecular formula is C12H13ClF2N2. The summed E-state index contributed by atoms with van der Waals surface area (Å²) in [5.74, 6) is 0. The fourth-order valence-corrected chi connectivity index (χ4v) is 2.14. The van der Waals surface area contributed by atoms with Gasteiger partial charge in [0.2, 0.25) is 0 Å². The normalized spacial score (nSPS) is 11.6. The summed E-state index contributed by atoms with van der Waals surface area (Å²) < 4.78 is 26.5. The van der Waals surface area contributed by atoms with Crippen molar-refractivity contribution in [2.24, 2.45) is 0 Å². The number of halogens is 3. The van der Waals surface area contributed by atoms with Crippen molar-refractivity contribution < 1.29 is 8.78 Å². The number of nitrogens with one attached hydrogen (secondary N) is 1. The van der Waals surface area contributed by atoms with Gasteiger partial charge in [-0.3, -0.25) is 0 Å². The molecule has 0 amide bonds. The zero-order valence-electron chi connectivity index (χ0n) is 9.38. The molecule has 1 N–H and O–H groups in total. The lowest BCUT2D eigenvalue weighted by atomic mass is 10.2. The number of fused-ring (bicyclic) bond motifs is 1. The van der Waals surface area contributed by atoms with Crippen LogP contribution in [-0.4, -0.2) is 18.0 Å². The molecule has 2 nitrogen and oxygen atoms in total. The minimum atomic E-state index is -2.37. The average Bonchev–Trinajstić information content (AvgIpc) is 2.56. The second kappa shape index (κ2) is 5.02. The van der Waals surface area contributed by atoms with E-state index in [4.69, 9.17) is 11.6 Å². The number of alkyl halides is 2. The Morgan fingerprint density at radius 3 is 2.82 bits per heavy atom. The first-order valence-electron chi connectivity index (χ1n) is 5.32. The number of aromatic nitrogens is 1. The topological polar surface area (TPSA) is 17.0 Å². The summed E-state index contributed by atoms with van der Waals surface area (Å²) in [5.41, 5.74) is 1.75. The van der Waals surface area contributed by atoms with Gasteiger partial charge in [-0.1, -0.05) is 17.7 Å². The van der Waals surface area contributed by atoms with Gasteiger partial charge >= 0.3 is 0 Å². The van der Waals surface area contributed by atoms with Crippen LogP contribution < -0.4 is 5.32 Å². The molecule has 0 bridgehead atoms. The van der Waals surface area contributed by atoms with E-state index in [9.17, 15) is 8.78 Å². The minimum Gasteiger partial charge on any atom is -0.341 e. The summed E-state index contributed by atoms with van der Waals surface area (Å²) in [5, 5.41) is 4.54. The van der Waals surface area contributed by atoms with Crippen LogP contribution in [0.25, 0.3) is 10.9 Å². The molecule has 0 saturated carbocycles. The molecule has 0 aliphatic carbocycles. The third kappa shape index (κ3) is 2.58. The molecule has 92 valence electrons. The van der Waals surface area contributed by atoms with Crippen LogP contribution in [0.2, 0.25) is 5.02 Å². The van der Waals surface area contributed by atoms with E-state index in [2.05, 4.69) is 5.32 Å². The fourth-order valence-electron chi connectivity index (χ4n) is 1.97. The highest BCUT2D eigenvalue weighted by atomic mass is 35.5. The summed E-state index contributed by atoms with van der Waals surface area (Å²) in [6, 6.07) is 5.36. The number of nitrogens with zero attached hydrogens (tertiary/aromatic N) is 1. The van der Waals surface area contributed by atoms with E-state index in [-0.39, 0.29) is 6.54 Å².